The van der Waals surface area contributed by atoms with Gasteiger partial charge in [0.1, 0.15) is 5.82 Å². The van der Waals surface area contributed by atoms with Crippen molar-refractivity contribution in [3.8, 4) is 0 Å². The average molecular weight is 351 g/mol. The zero-order valence-corrected chi connectivity index (χ0v) is 14.7. The maximum absolute atomic E-state index is 12.3. The van der Waals surface area contributed by atoms with Crippen LogP contribution in [0.1, 0.15) is 43.1 Å². The van der Waals surface area contributed by atoms with Crippen LogP contribution in [0.3, 0.4) is 0 Å². The molecule has 3 aromatic rings. The Morgan fingerprint density at radius 1 is 1.08 bits per heavy atom. The quantitative estimate of drug-likeness (QED) is 0.709. The lowest BCUT2D eigenvalue weighted by Gasteiger charge is -2.25. The predicted octanol–water partition coefficient (Wildman–Crippen LogP) is 1.54. The fraction of sp³-hybridized carbons (Fsp3) is 0.500. The van der Waals surface area contributed by atoms with Crippen LogP contribution < -0.4 is 10.5 Å². The number of rotatable bonds is 4. The Balaban J connectivity index is 1.44. The molecule has 0 N–H and O–H groups in total. The van der Waals surface area contributed by atoms with Crippen molar-refractivity contribution in [1.82, 2.24) is 29.6 Å². The summed E-state index contributed by atoms with van der Waals surface area (Å²) in [6, 6.07) is 7.68. The number of aromatic nitrogens is 6. The molecule has 3 aromatic heterocycles. The van der Waals surface area contributed by atoms with Gasteiger partial charge in [-0.1, -0.05) is 0 Å². The fourth-order valence-corrected chi connectivity index (χ4v) is 3.76. The average Bonchev–Trinajstić information content (AvgIpc) is 3.30. The van der Waals surface area contributed by atoms with E-state index in [0.717, 1.165) is 42.4 Å². The molecule has 1 unspecified atom stereocenters. The molecule has 8 heteroatoms. The number of anilines is 1. The SMILES string of the molecule is Cc1nnc2ccc(N3CCCC3Cn3nc(C4CC4)ccc3=O)nn12. The summed E-state index contributed by atoms with van der Waals surface area (Å²) in [6.45, 7) is 3.42. The second-order valence-corrected chi connectivity index (χ2v) is 7.25. The first-order chi connectivity index (χ1) is 12.7. The summed E-state index contributed by atoms with van der Waals surface area (Å²) in [6.07, 6.45) is 4.48. The summed E-state index contributed by atoms with van der Waals surface area (Å²) in [7, 11) is 0. The highest BCUT2D eigenvalue weighted by Gasteiger charge is 2.29. The Morgan fingerprint density at radius 3 is 2.81 bits per heavy atom. The van der Waals surface area contributed by atoms with E-state index in [4.69, 9.17) is 5.10 Å². The van der Waals surface area contributed by atoms with Gasteiger partial charge < -0.3 is 4.90 Å². The van der Waals surface area contributed by atoms with Crippen LogP contribution >= 0.6 is 0 Å². The largest absolute Gasteiger partial charge is 0.350 e. The first-order valence-corrected chi connectivity index (χ1v) is 9.23. The Morgan fingerprint density at radius 2 is 1.96 bits per heavy atom. The molecule has 2 fully saturated rings. The molecule has 2 aliphatic rings. The number of aryl methyl sites for hydroxylation is 1. The van der Waals surface area contributed by atoms with Crippen molar-refractivity contribution in [3.63, 3.8) is 0 Å². The third-order valence-corrected chi connectivity index (χ3v) is 5.34. The van der Waals surface area contributed by atoms with Crippen LogP contribution in [0.4, 0.5) is 5.82 Å². The molecule has 0 radical (unpaired) electrons. The van der Waals surface area contributed by atoms with Crippen molar-refractivity contribution < 1.29 is 0 Å². The Hall–Kier alpha value is -2.77. The third kappa shape index (κ3) is 2.65. The molecule has 8 nitrogen and oxygen atoms in total. The summed E-state index contributed by atoms with van der Waals surface area (Å²) in [5, 5.41) is 17.5. The van der Waals surface area contributed by atoms with Crippen molar-refractivity contribution in [2.24, 2.45) is 0 Å². The van der Waals surface area contributed by atoms with E-state index in [2.05, 4.69) is 20.2 Å². The molecule has 0 aromatic carbocycles. The maximum Gasteiger partial charge on any atom is 0.266 e. The second-order valence-electron chi connectivity index (χ2n) is 7.25. The van der Waals surface area contributed by atoms with Gasteiger partial charge in [-0.25, -0.2) is 4.68 Å². The summed E-state index contributed by atoms with van der Waals surface area (Å²) in [5.74, 6) is 2.21. The van der Waals surface area contributed by atoms with E-state index >= 15 is 0 Å². The van der Waals surface area contributed by atoms with Crippen molar-refractivity contribution in [3.05, 3.63) is 46.1 Å². The standard InChI is InChI=1S/C18H21N7O/c1-12-19-20-16-7-8-17(22-25(12)16)23-10-2-3-14(23)11-24-18(26)9-6-15(21-24)13-4-5-13/h6-9,13-14H,2-5,10-11H2,1H3. The van der Waals surface area contributed by atoms with Gasteiger partial charge in [0.2, 0.25) is 0 Å². The summed E-state index contributed by atoms with van der Waals surface area (Å²) < 4.78 is 3.40. The minimum atomic E-state index is -0.0284. The number of hydrogen-bond acceptors (Lipinski definition) is 6. The van der Waals surface area contributed by atoms with Gasteiger partial charge in [-0.05, 0) is 50.8 Å². The highest BCUT2D eigenvalue weighted by atomic mass is 16.1. The van der Waals surface area contributed by atoms with Crippen molar-refractivity contribution in [2.45, 2.75) is 51.1 Å². The monoisotopic (exact) mass is 351 g/mol. The normalized spacial score (nSPS) is 20.2. The first kappa shape index (κ1) is 15.5. The summed E-state index contributed by atoms with van der Waals surface area (Å²) in [5.41, 5.74) is 1.77. The van der Waals surface area contributed by atoms with Crippen LogP contribution in [0.2, 0.25) is 0 Å². The summed E-state index contributed by atoms with van der Waals surface area (Å²) >= 11 is 0. The van der Waals surface area contributed by atoms with Crippen LogP contribution in [0.15, 0.2) is 29.1 Å². The molecule has 1 atom stereocenters. The van der Waals surface area contributed by atoms with Gasteiger partial charge in [0, 0.05) is 18.5 Å². The van der Waals surface area contributed by atoms with Crippen LogP contribution in [0.25, 0.3) is 5.65 Å². The lowest BCUT2D eigenvalue weighted by atomic mass is 10.2. The molecule has 1 aliphatic carbocycles. The van der Waals surface area contributed by atoms with Gasteiger partial charge in [-0.2, -0.15) is 9.61 Å². The van der Waals surface area contributed by atoms with E-state index in [1.165, 1.54) is 12.8 Å². The van der Waals surface area contributed by atoms with Gasteiger partial charge in [0.15, 0.2) is 11.5 Å². The van der Waals surface area contributed by atoms with Crippen molar-refractivity contribution in [1.29, 1.82) is 0 Å². The lowest BCUT2D eigenvalue weighted by molar-refractivity contribution is 0.480. The molecule has 0 amide bonds. The molecule has 0 bridgehead atoms. The van der Waals surface area contributed by atoms with E-state index < -0.39 is 0 Å². The minimum absolute atomic E-state index is 0.0284. The number of hydrogen-bond donors (Lipinski definition) is 0. The zero-order valence-electron chi connectivity index (χ0n) is 14.7. The second kappa shape index (κ2) is 5.89. The predicted molar refractivity (Wildman–Crippen MR) is 96.4 cm³/mol. The number of nitrogens with zero attached hydrogens (tertiary/aromatic N) is 7. The molecule has 134 valence electrons. The minimum Gasteiger partial charge on any atom is -0.350 e. The van der Waals surface area contributed by atoms with Gasteiger partial charge in [0.05, 0.1) is 18.3 Å². The van der Waals surface area contributed by atoms with E-state index in [0.29, 0.717) is 12.5 Å². The first-order valence-electron chi connectivity index (χ1n) is 9.23. The van der Waals surface area contributed by atoms with Crippen molar-refractivity contribution in [2.75, 3.05) is 11.4 Å². The molecule has 1 aliphatic heterocycles. The molecule has 1 saturated carbocycles. The third-order valence-electron chi connectivity index (χ3n) is 5.34. The topological polar surface area (TPSA) is 81.2 Å². The lowest BCUT2D eigenvalue weighted by Crippen LogP contribution is -2.37. The molecular formula is C18H21N7O. The zero-order chi connectivity index (χ0) is 17.7. The fourth-order valence-electron chi connectivity index (χ4n) is 3.76. The van der Waals surface area contributed by atoms with Gasteiger partial charge >= 0.3 is 0 Å². The Kier molecular flexibility index (Phi) is 3.51. The van der Waals surface area contributed by atoms with Crippen LogP contribution in [0, 0.1) is 6.92 Å². The molecule has 26 heavy (non-hydrogen) atoms. The smallest absolute Gasteiger partial charge is 0.266 e. The number of fused-ring (bicyclic) bond motifs is 1. The van der Waals surface area contributed by atoms with Crippen LogP contribution in [0.5, 0.6) is 0 Å². The Bertz CT molecular complexity index is 1020. The molecule has 4 heterocycles. The Labute approximate surface area is 150 Å². The highest BCUT2D eigenvalue weighted by molar-refractivity contribution is 5.47. The molecule has 5 rings (SSSR count). The van der Waals surface area contributed by atoms with Crippen molar-refractivity contribution >= 4 is 11.5 Å². The van der Waals surface area contributed by atoms with E-state index in [9.17, 15) is 4.79 Å². The molecule has 0 spiro atoms. The van der Waals surface area contributed by atoms with Gasteiger partial charge in [0.25, 0.3) is 5.56 Å². The van der Waals surface area contributed by atoms with Crippen LogP contribution in [-0.4, -0.2) is 42.2 Å². The van der Waals surface area contributed by atoms with E-state index in [-0.39, 0.29) is 11.6 Å². The molecule has 1 saturated heterocycles. The van der Waals surface area contributed by atoms with Gasteiger partial charge in [-0.3, -0.25) is 4.79 Å². The van der Waals surface area contributed by atoms with E-state index in [1.54, 1.807) is 15.3 Å². The molecular weight excluding hydrogens is 330 g/mol. The highest BCUT2D eigenvalue weighted by Crippen LogP contribution is 2.38. The van der Waals surface area contributed by atoms with Crippen LogP contribution in [-0.2, 0) is 6.54 Å². The van der Waals surface area contributed by atoms with Gasteiger partial charge in [-0.15, -0.1) is 15.3 Å². The van der Waals surface area contributed by atoms with E-state index in [1.807, 2.05) is 25.1 Å². The summed E-state index contributed by atoms with van der Waals surface area (Å²) in [4.78, 5) is 14.6. The maximum atomic E-state index is 12.3.